The summed E-state index contributed by atoms with van der Waals surface area (Å²) < 4.78 is 2.29. The quantitative estimate of drug-likeness (QED) is 0.838. The van der Waals surface area contributed by atoms with Crippen molar-refractivity contribution in [2.24, 2.45) is 7.05 Å². The first-order chi connectivity index (χ1) is 11.7. The van der Waals surface area contributed by atoms with Crippen LogP contribution < -0.4 is 4.90 Å². The van der Waals surface area contributed by atoms with Crippen LogP contribution in [0.3, 0.4) is 0 Å². The number of pyridine rings is 1. The fourth-order valence-electron chi connectivity index (χ4n) is 4.00. The number of aromatic nitrogens is 3. The number of nitrogens with zero attached hydrogens (tertiary/aromatic N) is 5. The van der Waals surface area contributed by atoms with Crippen LogP contribution in [0.15, 0.2) is 12.3 Å². The van der Waals surface area contributed by atoms with Crippen LogP contribution in [0.25, 0.3) is 0 Å². The van der Waals surface area contributed by atoms with E-state index < -0.39 is 0 Å². The van der Waals surface area contributed by atoms with E-state index in [1.165, 1.54) is 24.2 Å². The summed E-state index contributed by atoms with van der Waals surface area (Å²) in [5.41, 5.74) is 3.15. The van der Waals surface area contributed by atoms with Gasteiger partial charge in [0.2, 0.25) is 0 Å². The third-order valence-electron chi connectivity index (χ3n) is 5.18. The summed E-state index contributed by atoms with van der Waals surface area (Å²) in [6, 6.07) is 3.99. The van der Waals surface area contributed by atoms with Gasteiger partial charge < -0.3 is 9.47 Å². The maximum absolute atomic E-state index is 9.00. The molecule has 6 heteroatoms. The Bertz CT molecular complexity index is 820. The average Bonchev–Trinajstić information content (AvgIpc) is 3.20. The second kappa shape index (κ2) is 6.10. The number of anilines is 1. The second-order valence-corrected chi connectivity index (χ2v) is 7.03. The minimum Gasteiger partial charge on any atom is -0.345 e. The predicted octanol–water partition coefficient (Wildman–Crippen LogP) is 3.56. The van der Waals surface area contributed by atoms with E-state index in [9.17, 15) is 0 Å². The molecule has 1 fully saturated rings. The molecule has 0 amide bonds. The third kappa shape index (κ3) is 2.46. The number of imidazole rings is 1. The van der Waals surface area contributed by atoms with Crippen molar-refractivity contribution in [2.75, 3.05) is 11.4 Å². The standard InChI is InChI=1S/C18H20ClN5/c1-23-15-6-3-2-5-14(15)22-18(23)16-7-4-8-24(16)17-13(19)9-12(10-20)11-21-17/h9,11,16H,2-8H2,1H3/t16-/m1/s1. The molecule has 2 aromatic heterocycles. The number of aryl methyl sites for hydroxylation is 1. The lowest BCUT2D eigenvalue weighted by molar-refractivity contribution is 0.607. The molecule has 0 N–H and O–H groups in total. The SMILES string of the molecule is Cn1c([C@H]2CCCN2c2ncc(C#N)cc2Cl)nc2c1CCCC2. The van der Waals surface area contributed by atoms with Crippen molar-refractivity contribution in [3.63, 3.8) is 0 Å². The normalized spacial score (nSPS) is 20.0. The molecule has 5 nitrogen and oxygen atoms in total. The van der Waals surface area contributed by atoms with E-state index >= 15 is 0 Å². The van der Waals surface area contributed by atoms with Crippen molar-refractivity contribution in [2.45, 2.75) is 44.6 Å². The average molecular weight is 342 g/mol. The van der Waals surface area contributed by atoms with Crippen LogP contribution in [0.5, 0.6) is 0 Å². The van der Waals surface area contributed by atoms with Crippen LogP contribution in [0.1, 0.15) is 54.5 Å². The van der Waals surface area contributed by atoms with Gasteiger partial charge in [0.1, 0.15) is 17.7 Å². The lowest BCUT2D eigenvalue weighted by Gasteiger charge is -2.26. The topological polar surface area (TPSA) is 57.7 Å². The number of hydrogen-bond donors (Lipinski definition) is 0. The summed E-state index contributed by atoms with van der Waals surface area (Å²) in [5, 5.41) is 9.54. The predicted molar refractivity (Wildman–Crippen MR) is 93.1 cm³/mol. The lowest BCUT2D eigenvalue weighted by Crippen LogP contribution is -2.26. The summed E-state index contributed by atoms with van der Waals surface area (Å²) in [6.45, 7) is 0.917. The van der Waals surface area contributed by atoms with Crippen molar-refractivity contribution in [3.8, 4) is 6.07 Å². The van der Waals surface area contributed by atoms with E-state index in [1.54, 1.807) is 12.3 Å². The number of rotatable bonds is 2. The molecule has 4 rings (SSSR count). The zero-order valence-corrected chi connectivity index (χ0v) is 14.6. The highest BCUT2D eigenvalue weighted by molar-refractivity contribution is 6.33. The Labute approximate surface area is 146 Å². The molecule has 2 aromatic rings. The Kier molecular flexibility index (Phi) is 3.93. The molecule has 0 aromatic carbocycles. The maximum Gasteiger partial charge on any atom is 0.148 e. The fraction of sp³-hybridized carbons (Fsp3) is 0.500. The molecule has 3 heterocycles. The van der Waals surface area contributed by atoms with E-state index in [4.69, 9.17) is 21.8 Å². The van der Waals surface area contributed by atoms with Gasteiger partial charge in [-0.2, -0.15) is 5.26 Å². The summed E-state index contributed by atoms with van der Waals surface area (Å²) >= 11 is 6.40. The third-order valence-corrected chi connectivity index (χ3v) is 5.46. The minimum atomic E-state index is 0.207. The summed E-state index contributed by atoms with van der Waals surface area (Å²) in [6.07, 6.45) is 8.46. The van der Waals surface area contributed by atoms with E-state index in [1.807, 2.05) is 0 Å². The van der Waals surface area contributed by atoms with E-state index in [0.29, 0.717) is 10.6 Å². The Balaban J connectivity index is 1.71. The fourth-order valence-corrected chi connectivity index (χ4v) is 4.27. The molecule has 0 spiro atoms. The molecule has 2 aliphatic rings. The van der Waals surface area contributed by atoms with Crippen LogP contribution in [0.4, 0.5) is 5.82 Å². The van der Waals surface area contributed by atoms with E-state index in [-0.39, 0.29) is 6.04 Å². The first-order valence-electron chi connectivity index (χ1n) is 8.55. The number of nitriles is 1. The van der Waals surface area contributed by atoms with Gasteiger partial charge in [-0.3, -0.25) is 0 Å². The first kappa shape index (κ1) is 15.5. The highest BCUT2D eigenvalue weighted by Crippen LogP contribution is 2.39. The molecule has 0 radical (unpaired) electrons. The molecule has 24 heavy (non-hydrogen) atoms. The summed E-state index contributed by atoms with van der Waals surface area (Å²) in [4.78, 5) is 11.7. The molecular weight excluding hydrogens is 322 g/mol. The van der Waals surface area contributed by atoms with Gasteiger partial charge in [-0.1, -0.05) is 11.6 Å². The van der Waals surface area contributed by atoms with Gasteiger partial charge in [0.05, 0.1) is 22.3 Å². The van der Waals surface area contributed by atoms with Gasteiger partial charge in [0.25, 0.3) is 0 Å². The lowest BCUT2D eigenvalue weighted by atomic mass is 10.0. The molecule has 124 valence electrons. The highest BCUT2D eigenvalue weighted by Gasteiger charge is 2.33. The van der Waals surface area contributed by atoms with Gasteiger partial charge in [-0.05, 0) is 44.6 Å². The number of hydrogen-bond acceptors (Lipinski definition) is 4. The Morgan fingerprint density at radius 3 is 2.88 bits per heavy atom. The molecular formula is C18H20ClN5. The maximum atomic E-state index is 9.00. The second-order valence-electron chi connectivity index (χ2n) is 6.62. The minimum absolute atomic E-state index is 0.207. The largest absolute Gasteiger partial charge is 0.345 e. The van der Waals surface area contributed by atoms with Crippen LogP contribution in [-0.2, 0) is 19.9 Å². The summed E-state index contributed by atoms with van der Waals surface area (Å²) in [5.74, 6) is 1.89. The molecule has 1 aliphatic carbocycles. The van der Waals surface area contributed by atoms with Crippen molar-refractivity contribution in [1.82, 2.24) is 14.5 Å². The van der Waals surface area contributed by atoms with Gasteiger partial charge in [0.15, 0.2) is 0 Å². The van der Waals surface area contributed by atoms with E-state index in [0.717, 1.165) is 43.9 Å². The number of fused-ring (bicyclic) bond motifs is 1. The smallest absolute Gasteiger partial charge is 0.148 e. The number of halogens is 1. The zero-order valence-electron chi connectivity index (χ0n) is 13.8. The van der Waals surface area contributed by atoms with Crippen molar-refractivity contribution >= 4 is 17.4 Å². The van der Waals surface area contributed by atoms with Gasteiger partial charge in [0, 0.05) is 25.5 Å². The first-order valence-corrected chi connectivity index (χ1v) is 8.93. The molecule has 0 unspecified atom stereocenters. The van der Waals surface area contributed by atoms with Gasteiger partial charge in [-0.15, -0.1) is 0 Å². The molecule has 0 bridgehead atoms. The van der Waals surface area contributed by atoms with Gasteiger partial charge in [-0.25, -0.2) is 9.97 Å². The Morgan fingerprint density at radius 1 is 1.29 bits per heavy atom. The van der Waals surface area contributed by atoms with Crippen LogP contribution in [0.2, 0.25) is 5.02 Å². The molecule has 1 saturated heterocycles. The van der Waals surface area contributed by atoms with Crippen LogP contribution in [0, 0.1) is 11.3 Å². The van der Waals surface area contributed by atoms with Crippen molar-refractivity contribution < 1.29 is 0 Å². The zero-order chi connectivity index (χ0) is 16.7. The monoisotopic (exact) mass is 341 g/mol. The Morgan fingerprint density at radius 2 is 2.12 bits per heavy atom. The molecule has 1 aliphatic heterocycles. The van der Waals surface area contributed by atoms with Crippen LogP contribution in [-0.4, -0.2) is 21.1 Å². The van der Waals surface area contributed by atoms with E-state index in [2.05, 4.69) is 27.6 Å². The van der Waals surface area contributed by atoms with Gasteiger partial charge >= 0.3 is 0 Å². The van der Waals surface area contributed by atoms with Crippen molar-refractivity contribution in [3.05, 3.63) is 40.1 Å². The van der Waals surface area contributed by atoms with Crippen molar-refractivity contribution in [1.29, 1.82) is 5.26 Å². The highest BCUT2D eigenvalue weighted by atomic mass is 35.5. The molecule has 1 atom stereocenters. The summed E-state index contributed by atoms with van der Waals surface area (Å²) in [7, 11) is 2.14. The van der Waals surface area contributed by atoms with Crippen LogP contribution >= 0.6 is 11.6 Å². The molecule has 0 saturated carbocycles. The Hall–Kier alpha value is -2.06.